The number of nitrogens with two attached hydrogens (primary N) is 1. The Hall–Kier alpha value is -2.79. The van der Waals surface area contributed by atoms with Gasteiger partial charge in [-0.15, -0.1) is 0 Å². The summed E-state index contributed by atoms with van der Waals surface area (Å²) >= 11 is 0. The zero-order chi connectivity index (χ0) is 26.8. The molecule has 0 bridgehead atoms. The monoisotopic (exact) mass is 510 g/mol. The lowest BCUT2D eigenvalue weighted by Gasteiger charge is -2.21. The van der Waals surface area contributed by atoms with Crippen LogP contribution in [0.2, 0.25) is 0 Å². The second-order valence-electron chi connectivity index (χ2n) is 9.73. The topological polar surface area (TPSA) is 120 Å². The van der Waals surface area contributed by atoms with Crippen LogP contribution in [-0.4, -0.2) is 46.5 Å². The number of aliphatic hydroxyl groups is 1. The van der Waals surface area contributed by atoms with Gasteiger partial charge in [-0.2, -0.15) is 13.2 Å². The molecule has 198 valence electrons. The van der Waals surface area contributed by atoms with Crippen molar-refractivity contribution in [1.82, 2.24) is 15.3 Å². The molecule has 0 spiro atoms. The van der Waals surface area contributed by atoms with Gasteiger partial charge in [-0.3, -0.25) is 0 Å². The number of nitrogens with zero attached hydrogens (tertiary/aromatic N) is 2. The number of nitrogen functional groups attached to an aromatic ring is 1. The van der Waals surface area contributed by atoms with Crippen LogP contribution in [-0.2, 0) is 6.18 Å². The van der Waals surface area contributed by atoms with Crippen LogP contribution in [0.15, 0.2) is 6.07 Å². The largest absolute Gasteiger partial charge is 0.418 e. The van der Waals surface area contributed by atoms with Gasteiger partial charge in [0.2, 0.25) is 0 Å². The van der Waals surface area contributed by atoms with Crippen LogP contribution in [0.3, 0.4) is 0 Å². The van der Waals surface area contributed by atoms with Crippen molar-refractivity contribution in [3.8, 4) is 11.3 Å². The van der Waals surface area contributed by atoms with Crippen LogP contribution in [0.4, 0.5) is 29.1 Å². The number of hydrogen-bond donors (Lipinski definition) is 5. The van der Waals surface area contributed by atoms with Gasteiger partial charge < -0.3 is 26.9 Å². The predicted molar refractivity (Wildman–Crippen MR) is 133 cm³/mol. The lowest BCUT2D eigenvalue weighted by Crippen LogP contribution is -2.29. The van der Waals surface area contributed by atoms with Gasteiger partial charge in [0.15, 0.2) is 5.82 Å². The number of pyridine rings is 2. The molecule has 2 aromatic heterocycles. The zero-order valence-corrected chi connectivity index (χ0v) is 20.9. The third-order valence-electron chi connectivity index (χ3n) is 6.47. The predicted octanol–water partition coefficient (Wildman–Crippen LogP) is 4.86. The van der Waals surface area contributed by atoms with Crippen molar-refractivity contribution in [3.63, 3.8) is 0 Å². The first-order chi connectivity index (χ1) is 16.9. The lowest BCUT2D eigenvalue weighted by atomic mass is 9.96. The minimum atomic E-state index is -4.75. The average molecular weight is 511 g/mol. The summed E-state index contributed by atoms with van der Waals surface area (Å²) in [6.45, 7) is 8.29. The normalized spacial score (nSPS) is 19.7. The molecule has 1 saturated heterocycles. The van der Waals surface area contributed by atoms with E-state index in [-0.39, 0.29) is 34.7 Å². The molecule has 1 aliphatic carbocycles. The molecule has 4 rings (SSSR count). The minimum Gasteiger partial charge on any atom is -0.395 e. The van der Waals surface area contributed by atoms with Gasteiger partial charge in [0.1, 0.15) is 11.5 Å². The van der Waals surface area contributed by atoms with E-state index >= 15 is 4.39 Å². The second kappa shape index (κ2) is 11.1. The first-order valence-electron chi connectivity index (χ1n) is 12.1. The summed E-state index contributed by atoms with van der Waals surface area (Å²) < 4.78 is 56.5. The minimum absolute atomic E-state index is 0.00682. The molecule has 0 aromatic carbocycles. The summed E-state index contributed by atoms with van der Waals surface area (Å²) in [7, 11) is 0. The van der Waals surface area contributed by atoms with Crippen LogP contribution in [0.1, 0.15) is 68.5 Å². The Morgan fingerprint density at radius 2 is 1.94 bits per heavy atom. The van der Waals surface area contributed by atoms with Gasteiger partial charge >= 0.3 is 6.18 Å². The third-order valence-corrected chi connectivity index (χ3v) is 6.47. The van der Waals surface area contributed by atoms with Crippen LogP contribution in [0.25, 0.3) is 11.3 Å². The van der Waals surface area contributed by atoms with E-state index in [4.69, 9.17) is 16.2 Å². The number of aliphatic hydroxyl groups excluding tert-OH is 1. The third kappa shape index (κ3) is 6.12. The van der Waals surface area contributed by atoms with Crippen molar-refractivity contribution in [1.29, 1.82) is 5.41 Å². The van der Waals surface area contributed by atoms with Gasteiger partial charge in [0, 0.05) is 29.4 Å². The number of anilines is 2. The van der Waals surface area contributed by atoms with Crippen molar-refractivity contribution in [2.24, 2.45) is 5.92 Å². The summed E-state index contributed by atoms with van der Waals surface area (Å²) in [4.78, 5) is 7.89. The molecule has 0 radical (unpaired) electrons. The molecule has 11 heteroatoms. The number of nitrogens with one attached hydrogen (secondary N) is 3. The molecule has 6 N–H and O–H groups in total. The number of rotatable bonds is 6. The molecule has 1 saturated carbocycles. The number of halogens is 4. The fourth-order valence-corrected chi connectivity index (χ4v) is 4.32. The average Bonchev–Trinajstić information content (AvgIpc) is 3.51. The standard InChI is InChI=1S/C19H21F4N5.C6H13NO/c1-8(2)16-12(7-24)18(27-10-4-5-10)15(20)17(28-16)11-6-13(25)26-9(3)14(11)19(21,22)23;1-5-2-3-7-6(5)4-8/h6-8,10,24H,4-5H2,1-3H3,(H2,25,26)(H,27,28);5-8H,2-4H2,1H3. The quantitative estimate of drug-likeness (QED) is 0.280. The molecule has 2 unspecified atom stereocenters. The highest BCUT2D eigenvalue weighted by Gasteiger charge is 2.38. The maximum Gasteiger partial charge on any atom is 0.418 e. The SMILES string of the molecule is CC1CCNC1CO.Cc1nc(N)cc(-c2nc(C(C)C)c(C=N)c(NC3CC3)c2F)c1C(F)(F)F. The van der Waals surface area contributed by atoms with Gasteiger partial charge in [-0.1, -0.05) is 20.8 Å². The van der Waals surface area contributed by atoms with Gasteiger partial charge in [-0.25, -0.2) is 14.4 Å². The Bertz CT molecular complexity index is 1100. The van der Waals surface area contributed by atoms with Crippen molar-refractivity contribution in [3.05, 3.63) is 34.4 Å². The molecular formula is C25H34F4N6O. The van der Waals surface area contributed by atoms with E-state index in [1.807, 2.05) is 0 Å². The Kier molecular flexibility index (Phi) is 8.55. The van der Waals surface area contributed by atoms with Crippen LogP contribution < -0.4 is 16.4 Å². The first-order valence-corrected chi connectivity index (χ1v) is 12.1. The second-order valence-corrected chi connectivity index (χ2v) is 9.73. The summed E-state index contributed by atoms with van der Waals surface area (Å²) in [5, 5.41) is 22.6. The lowest BCUT2D eigenvalue weighted by molar-refractivity contribution is -0.137. The van der Waals surface area contributed by atoms with Crippen LogP contribution in [0, 0.1) is 24.1 Å². The van der Waals surface area contributed by atoms with Crippen LogP contribution >= 0.6 is 0 Å². The van der Waals surface area contributed by atoms with Crippen molar-refractivity contribution in [2.45, 2.75) is 71.1 Å². The first kappa shape index (κ1) is 27.8. The van der Waals surface area contributed by atoms with Crippen molar-refractivity contribution >= 4 is 17.7 Å². The number of aromatic nitrogens is 2. The molecule has 7 nitrogen and oxygen atoms in total. The molecular weight excluding hydrogens is 476 g/mol. The van der Waals surface area contributed by atoms with E-state index in [1.165, 1.54) is 13.3 Å². The summed E-state index contributed by atoms with van der Waals surface area (Å²) in [5.41, 5.74) is 3.95. The highest BCUT2D eigenvalue weighted by molar-refractivity contribution is 5.90. The summed E-state index contributed by atoms with van der Waals surface area (Å²) in [5.74, 6) is -0.642. The van der Waals surface area contributed by atoms with Crippen LogP contribution in [0.5, 0.6) is 0 Å². The highest BCUT2D eigenvalue weighted by Crippen LogP contribution is 2.42. The fraction of sp³-hybridized carbons (Fsp3) is 0.560. The molecule has 2 aliphatic rings. The molecule has 0 amide bonds. The van der Waals surface area contributed by atoms with E-state index in [9.17, 15) is 13.2 Å². The van der Waals surface area contributed by atoms with E-state index in [1.54, 1.807) is 13.8 Å². The van der Waals surface area contributed by atoms with E-state index in [2.05, 4.69) is 27.5 Å². The number of aryl methyl sites for hydroxylation is 1. The summed E-state index contributed by atoms with van der Waals surface area (Å²) in [6, 6.07) is 1.40. The molecule has 2 atom stereocenters. The molecule has 2 aromatic rings. The van der Waals surface area contributed by atoms with E-state index < -0.39 is 28.8 Å². The Labute approximate surface area is 208 Å². The Morgan fingerprint density at radius 1 is 1.28 bits per heavy atom. The smallest absolute Gasteiger partial charge is 0.395 e. The fourth-order valence-electron chi connectivity index (χ4n) is 4.32. The Morgan fingerprint density at radius 3 is 2.39 bits per heavy atom. The van der Waals surface area contributed by atoms with Gasteiger partial charge in [0.25, 0.3) is 0 Å². The van der Waals surface area contributed by atoms with E-state index in [0.717, 1.165) is 31.7 Å². The Balaban J connectivity index is 0.000000383. The van der Waals surface area contributed by atoms with E-state index in [0.29, 0.717) is 24.3 Å². The number of alkyl halides is 3. The molecule has 1 aliphatic heterocycles. The number of hydrogen-bond acceptors (Lipinski definition) is 7. The molecule has 2 fully saturated rings. The molecule has 36 heavy (non-hydrogen) atoms. The van der Waals surface area contributed by atoms with Crippen molar-refractivity contribution in [2.75, 3.05) is 24.2 Å². The maximum atomic E-state index is 15.4. The van der Waals surface area contributed by atoms with Crippen molar-refractivity contribution < 1.29 is 22.7 Å². The molecule has 3 heterocycles. The summed E-state index contributed by atoms with van der Waals surface area (Å²) in [6.07, 6.45) is -0.889. The maximum absolute atomic E-state index is 15.4. The highest BCUT2D eigenvalue weighted by atomic mass is 19.4. The van der Waals surface area contributed by atoms with Gasteiger partial charge in [-0.05, 0) is 50.6 Å². The zero-order valence-electron chi connectivity index (χ0n) is 20.9. The van der Waals surface area contributed by atoms with Gasteiger partial charge in [0.05, 0.1) is 29.2 Å².